The lowest BCUT2D eigenvalue weighted by molar-refractivity contribution is -0.00956. The molecule has 2 rings (SSSR count). The van der Waals surface area contributed by atoms with Crippen LogP contribution in [0.3, 0.4) is 0 Å². The minimum absolute atomic E-state index is 0.174. The van der Waals surface area contributed by atoms with Crippen LogP contribution in [-0.4, -0.2) is 22.2 Å². The molecule has 0 saturated carbocycles. The standard InChI is InChI=1S/C16H20N2O3/c1-5-16(3,21-4)15-17-13(19)12(14(20)18-15)11-8-6-10(2)7-9-11/h6-9H,5H2,1-4H3,(H2,17,18,19,20). The van der Waals surface area contributed by atoms with E-state index in [4.69, 9.17) is 4.74 Å². The van der Waals surface area contributed by atoms with E-state index in [1.165, 1.54) is 0 Å². The van der Waals surface area contributed by atoms with E-state index >= 15 is 0 Å². The van der Waals surface area contributed by atoms with E-state index in [0.29, 0.717) is 17.8 Å². The smallest absolute Gasteiger partial charge is 0.262 e. The first-order chi connectivity index (χ1) is 9.91. The third-order valence-electron chi connectivity index (χ3n) is 3.87. The summed E-state index contributed by atoms with van der Waals surface area (Å²) in [4.78, 5) is 19.2. The number of aromatic nitrogens is 2. The molecule has 5 heteroatoms. The van der Waals surface area contributed by atoms with E-state index in [-0.39, 0.29) is 17.0 Å². The second kappa shape index (κ2) is 5.69. The Balaban J connectivity index is 2.57. The number of rotatable bonds is 4. The second-order valence-corrected chi connectivity index (χ2v) is 5.27. The maximum atomic E-state index is 12.3. The summed E-state index contributed by atoms with van der Waals surface area (Å²) in [6, 6.07) is 7.34. The summed E-state index contributed by atoms with van der Waals surface area (Å²) in [5.74, 6) is 0.0418. The van der Waals surface area contributed by atoms with Gasteiger partial charge in [-0.3, -0.25) is 4.79 Å². The van der Waals surface area contributed by atoms with Crippen molar-refractivity contribution >= 4 is 0 Å². The molecule has 0 saturated heterocycles. The van der Waals surface area contributed by atoms with Gasteiger partial charge in [-0.2, -0.15) is 4.98 Å². The number of methoxy groups -OCH3 is 1. The lowest BCUT2D eigenvalue weighted by Crippen LogP contribution is -2.29. The van der Waals surface area contributed by atoms with Crippen molar-refractivity contribution in [2.75, 3.05) is 7.11 Å². The van der Waals surface area contributed by atoms with Crippen LogP contribution in [0.2, 0.25) is 0 Å². The van der Waals surface area contributed by atoms with Crippen molar-refractivity contribution in [3.05, 3.63) is 46.0 Å². The molecular formula is C16H20N2O3. The van der Waals surface area contributed by atoms with Gasteiger partial charge in [0.2, 0.25) is 5.88 Å². The fraction of sp³-hybridized carbons (Fsp3) is 0.375. The van der Waals surface area contributed by atoms with Gasteiger partial charge < -0.3 is 14.8 Å². The molecule has 1 unspecified atom stereocenters. The SMILES string of the molecule is CCC(C)(OC)c1nc(O)c(-c2ccc(C)cc2)c(=O)[nH]1. The number of benzene rings is 1. The van der Waals surface area contributed by atoms with Crippen LogP contribution in [0.15, 0.2) is 29.1 Å². The average Bonchev–Trinajstić information content (AvgIpc) is 2.47. The molecule has 0 aliphatic heterocycles. The average molecular weight is 288 g/mol. The highest BCUT2D eigenvalue weighted by molar-refractivity contribution is 5.67. The Hall–Kier alpha value is -2.14. The molecule has 5 nitrogen and oxygen atoms in total. The Bertz CT molecular complexity index is 686. The van der Waals surface area contributed by atoms with Gasteiger partial charge in [0.25, 0.3) is 5.56 Å². The van der Waals surface area contributed by atoms with Gasteiger partial charge in [0.05, 0.1) is 0 Å². The van der Waals surface area contributed by atoms with E-state index in [9.17, 15) is 9.90 Å². The molecule has 2 aromatic rings. The van der Waals surface area contributed by atoms with E-state index in [1.54, 1.807) is 19.2 Å². The van der Waals surface area contributed by atoms with Gasteiger partial charge >= 0.3 is 0 Å². The van der Waals surface area contributed by atoms with Crippen LogP contribution in [0, 0.1) is 6.92 Å². The third-order valence-corrected chi connectivity index (χ3v) is 3.87. The fourth-order valence-corrected chi connectivity index (χ4v) is 2.10. The van der Waals surface area contributed by atoms with Gasteiger partial charge in [-0.05, 0) is 25.8 Å². The summed E-state index contributed by atoms with van der Waals surface area (Å²) in [5, 5.41) is 10.2. The molecule has 1 aromatic heterocycles. The first-order valence-electron chi connectivity index (χ1n) is 6.87. The van der Waals surface area contributed by atoms with Gasteiger partial charge in [0, 0.05) is 7.11 Å². The van der Waals surface area contributed by atoms with Gasteiger partial charge in [0.15, 0.2) is 0 Å². The molecule has 2 N–H and O–H groups in total. The zero-order valence-corrected chi connectivity index (χ0v) is 12.7. The Morgan fingerprint density at radius 3 is 2.43 bits per heavy atom. The maximum absolute atomic E-state index is 12.3. The molecule has 1 aromatic carbocycles. The fourth-order valence-electron chi connectivity index (χ4n) is 2.10. The quantitative estimate of drug-likeness (QED) is 0.907. The van der Waals surface area contributed by atoms with E-state index in [1.807, 2.05) is 32.9 Å². The number of hydrogen-bond donors (Lipinski definition) is 2. The maximum Gasteiger partial charge on any atom is 0.262 e. The molecule has 0 bridgehead atoms. The van der Waals surface area contributed by atoms with Gasteiger partial charge in [0.1, 0.15) is 17.0 Å². The first kappa shape index (κ1) is 15.3. The van der Waals surface area contributed by atoms with Crippen LogP contribution in [0.1, 0.15) is 31.7 Å². The molecule has 0 fully saturated rings. The van der Waals surface area contributed by atoms with Crippen molar-refractivity contribution in [3.63, 3.8) is 0 Å². The number of H-pyrrole nitrogens is 1. The number of nitrogens with zero attached hydrogens (tertiary/aromatic N) is 1. The van der Waals surface area contributed by atoms with Crippen LogP contribution in [0.25, 0.3) is 11.1 Å². The summed E-state index contributed by atoms with van der Waals surface area (Å²) >= 11 is 0. The molecule has 0 radical (unpaired) electrons. The number of aromatic hydroxyl groups is 1. The largest absolute Gasteiger partial charge is 0.493 e. The highest BCUT2D eigenvalue weighted by Crippen LogP contribution is 2.29. The Morgan fingerprint density at radius 1 is 1.33 bits per heavy atom. The van der Waals surface area contributed by atoms with E-state index in [2.05, 4.69) is 9.97 Å². The molecule has 21 heavy (non-hydrogen) atoms. The van der Waals surface area contributed by atoms with Crippen LogP contribution in [0.5, 0.6) is 5.88 Å². The number of ether oxygens (including phenoxy) is 1. The highest BCUT2D eigenvalue weighted by atomic mass is 16.5. The van der Waals surface area contributed by atoms with Gasteiger partial charge in [-0.1, -0.05) is 36.8 Å². The molecule has 0 amide bonds. The normalized spacial score (nSPS) is 13.9. The number of aryl methyl sites for hydroxylation is 1. The molecular weight excluding hydrogens is 268 g/mol. The minimum atomic E-state index is -0.734. The highest BCUT2D eigenvalue weighted by Gasteiger charge is 2.28. The number of hydrogen-bond acceptors (Lipinski definition) is 4. The monoisotopic (exact) mass is 288 g/mol. The van der Waals surface area contributed by atoms with Crippen LogP contribution in [0.4, 0.5) is 0 Å². The Labute approximate surface area is 123 Å². The van der Waals surface area contributed by atoms with E-state index in [0.717, 1.165) is 5.56 Å². The first-order valence-corrected chi connectivity index (χ1v) is 6.87. The van der Waals surface area contributed by atoms with Crippen molar-refractivity contribution in [1.29, 1.82) is 0 Å². The predicted octanol–water partition coefficient (Wildman–Crippen LogP) is 2.72. The second-order valence-electron chi connectivity index (χ2n) is 5.27. The van der Waals surface area contributed by atoms with Gasteiger partial charge in [-0.15, -0.1) is 0 Å². The number of nitrogens with one attached hydrogen (secondary N) is 1. The van der Waals surface area contributed by atoms with E-state index < -0.39 is 5.60 Å². The molecule has 1 heterocycles. The lowest BCUT2D eigenvalue weighted by Gasteiger charge is -2.25. The summed E-state index contributed by atoms with van der Waals surface area (Å²) < 4.78 is 5.40. The van der Waals surface area contributed by atoms with Crippen LogP contribution >= 0.6 is 0 Å². The Kier molecular flexibility index (Phi) is 4.14. The molecule has 1 atom stereocenters. The molecule has 0 aliphatic carbocycles. The summed E-state index contributed by atoms with van der Waals surface area (Å²) in [6.07, 6.45) is 0.621. The third kappa shape index (κ3) is 2.83. The number of aromatic amines is 1. The Morgan fingerprint density at radius 2 is 1.95 bits per heavy atom. The summed E-state index contributed by atoms with van der Waals surface area (Å²) in [5.41, 5.74) is 0.778. The van der Waals surface area contributed by atoms with Crippen molar-refractivity contribution in [3.8, 4) is 17.0 Å². The van der Waals surface area contributed by atoms with Crippen molar-refractivity contribution < 1.29 is 9.84 Å². The molecule has 0 spiro atoms. The topological polar surface area (TPSA) is 75.2 Å². The van der Waals surface area contributed by atoms with Crippen molar-refractivity contribution in [2.24, 2.45) is 0 Å². The van der Waals surface area contributed by atoms with Gasteiger partial charge in [-0.25, -0.2) is 0 Å². The summed E-state index contributed by atoms with van der Waals surface area (Å²) in [7, 11) is 1.55. The zero-order chi connectivity index (χ0) is 15.6. The lowest BCUT2D eigenvalue weighted by atomic mass is 10.0. The van der Waals surface area contributed by atoms with Crippen molar-refractivity contribution in [2.45, 2.75) is 32.8 Å². The van der Waals surface area contributed by atoms with Crippen LogP contribution < -0.4 is 5.56 Å². The minimum Gasteiger partial charge on any atom is -0.493 e. The predicted molar refractivity (Wildman–Crippen MR) is 81.3 cm³/mol. The molecule has 0 aliphatic rings. The van der Waals surface area contributed by atoms with Crippen molar-refractivity contribution in [1.82, 2.24) is 9.97 Å². The van der Waals surface area contributed by atoms with Crippen LogP contribution in [-0.2, 0) is 10.3 Å². The molecule has 112 valence electrons. The summed E-state index contributed by atoms with van der Waals surface area (Å²) in [6.45, 7) is 5.70. The zero-order valence-electron chi connectivity index (χ0n) is 12.7.